The van der Waals surface area contributed by atoms with Crippen molar-refractivity contribution in [1.82, 2.24) is 15.0 Å². The van der Waals surface area contributed by atoms with Crippen LogP contribution in [0.3, 0.4) is 0 Å². The Morgan fingerprint density at radius 1 is 1.00 bits per heavy atom. The molecule has 150 valence electrons. The quantitative estimate of drug-likeness (QED) is 0.528. The molecule has 6 nitrogen and oxygen atoms in total. The molecule has 2 aromatic heterocycles. The van der Waals surface area contributed by atoms with E-state index in [2.05, 4.69) is 61.6 Å². The van der Waals surface area contributed by atoms with Crippen molar-refractivity contribution in [2.45, 2.75) is 18.8 Å². The number of hydrogen-bond acceptors (Lipinski definition) is 4. The number of piperidine rings is 1. The molecule has 6 heteroatoms. The zero-order valence-electron chi connectivity index (χ0n) is 16.6. The average Bonchev–Trinajstić information content (AvgIpc) is 3.24. The van der Waals surface area contributed by atoms with Crippen molar-refractivity contribution in [2.75, 3.05) is 23.3 Å². The van der Waals surface area contributed by atoms with E-state index in [-0.39, 0.29) is 5.91 Å². The number of nitrogens with zero attached hydrogens (tertiary/aromatic N) is 3. The minimum absolute atomic E-state index is 0.209. The molecule has 2 N–H and O–H groups in total. The first-order chi connectivity index (χ1) is 14.8. The van der Waals surface area contributed by atoms with Crippen LogP contribution in [0.1, 0.15) is 34.8 Å². The molecule has 1 aliphatic heterocycles. The summed E-state index contributed by atoms with van der Waals surface area (Å²) in [7, 11) is 0. The maximum absolute atomic E-state index is 12.3. The van der Waals surface area contributed by atoms with E-state index in [1.165, 1.54) is 11.4 Å². The monoisotopic (exact) mass is 397 g/mol. The summed E-state index contributed by atoms with van der Waals surface area (Å²) in [5.74, 6) is 0.585. The van der Waals surface area contributed by atoms with Crippen LogP contribution in [0.4, 0.5) is 11.6 Å². The number of para-hydroxylation sites is 1. The number of carbonyl (C=O) groups is 1. The molecule has 1 saturated heterocycles. The van der Waals surface area contributed by atoms with Gasteiger partial charge < -0.3 is 9.88 Å². The second kappa shape index (κ2) is 7.99. The third-order valence-electron chi connectivity index (χ3n) is 5.71. The summed E-state index contributed by atoms with van der Waals surface area (Å²) in [4.78, 5) is 27.1. The van der Waals surface area contributed by atoms with Crippen LogP contribution in [0.15, 0.2) is 72.9 Å². The molecule has 0 bridgehead atoms. The number of hydrogen-bond donors (Lipinski definition) is 2. The van der Waals surface area contributed by atoms with Gasteiger partial charge in [-0.15, -0.1) is 0 Å². The zero-order chi connectivity index (χ0) is 20.3. The third kappa shape index (κ3) is 3.76. The highest BCUT2D eigenvalue weighted by molar-refractivity contribution is 6.03. The molecule has 0 atom stereocenters. The van der Waals surface area contributed by atoms with Gasteiger partial charge in [-0.25, -0.2) is 9.97 Å². The molecular weight excluding hydrogens is 374 g/mol. The molecule has 0 aliphatic carbocycles. The van der Waals surface area contributed by atoms with E-state index in [0.717, 1.165) is 37.0 Å². The van der Waals surface area contributed by atoms with Gasteiger partial charge in [-0.3, -0.25) is 10.1 Å². The minimum Gasteiger partial charge on any atom is -0.371 e. The number of fused-ring (bicyclic) bond motifs is 1. The van der Waals surface area contributed by atoms with Crippen LogP contribution in [0.5, 0.6) is 0 Å². The largest absolute Gasteiger partial charge is 0.371 e. The Labute approximate surface area is 175 Å². The predicted molar refractivity (Wildman–Crippen MR) is 119 cm³/mol. The van der Waals surface area contributed by atoms with Gasteiger partial charge in [-0.2, -0.15) is 0 Å². The Morgan fingerprint density at radius 2 is 1.70 bits per heavy atom. The van der Waals surface area contributed by atoms with Crippen molar-refractivity contribution >= 4 is 28.6 Å². The number of benzene rings is 2. The maximum atomic E-state index is 12.3. The number of carbonyl (C=O) groups excluding carboxylic acids is 1. The fourth-order valence-corrected chi connectivity index (χ4v) is 4.07. The number of H-pyrrole nitrogens is 1. The summed E-state index contributed by atoms with van der Waals surface area (Å²) < 4.78 is 0. The molecule has 0 spiro atoms. The lowest BCUT2D eigenvalue weighted by atomic mass is 9.93. The van der Waals surface area contributed by atoms with Crippen molar-refractivity contribution < 1.29 is 4.79 Å². The number of amides is 1. The van der Waals surface area contributed by atoms with Gasteiger partial charge in [0, 0.05) is 36.0 Å². The number of aromatic amines is 1. The van der Waals surface area contributed by atoms with Gasteiger partial charge in [0.15, 0.2) is 0 Å². The van der Waals surface area contributed by atoms with Crippen molar-refractivity contribution in [3.63, 3.8) is 0 Å². The Morgan fingerprint density at radius 3 is 2.43 bits per heavy atom. The van der Waals surface area contributed by atoms with Crippen molar-refractivity contribution in [1.29, 1.82) is 0 Å². The summed E-state index contributed by atoms with van der Waals surface area (Å²) in [6.07, 6.45) is 3.92. The average molecular weight is 397 g/mol. The molecule has 5 rings (SSSR count). The van der Waals surface area contributed by atoms with Crippen LogP contribution in [0.2, 0.25) is 0 Å². The SMILES string of the molecule is O=C(Nc1ncc2[nH]c(C3CCN(c4ccccc4)CC3)cc2n1)c1ccccc1. The Kier molecular flexibility index (Phi) is 4.89. The highest BCUT2D eigenvalue weighted by atomic mass is 16.1. The fraction of sp³-hybridized carbons (Fsp3) is 0.208. The lowest BCUT2D eigenvalue weighted by molar-refractivity contribution is 0.102. The summed E-state index contributed by atoms with van der Waals surface area (Å²) in [6.45, 7) is 2.07. The molecule has 1 aliphatic rings. The molecular formula is C24H23N5O. The first-order valence-corrected chi connectivity index (χ1v) is 10.3. The lowest BCUT2D eigenvalue weighted by Crippen LogP contribution is -2.32. The number of rotatable bonds is 4. The van der Waals surface area contributed by atoms with E-state index in [0.29, 0.717) is 17.4 Å². The predicted octanol–water partition coefficient (Wildman–Crippen LogP) is 4.59. The van der Waals surface area contributed by atoms with Gasteiger partial charge in [-0.1, -0.05) is 36.4 Å². The van der Waals surface area contributed by atoms with Crippen LogP contribution < -0.4 is 10.2 Å². The van der Waals surface area contributed by atoms with Gasteiger partial charge in [0.1, 0.15) is 0 Å². The van der Waals surface area contributed by atoms with Crippen LogP contribution in [0.25, 0.3) is 11.0 Å². The van der Waals surface area contributed by atoms with E-state index in [4.69, 9.17) is 0 Å². The fourth-order valence-electron chi connectivity index (χ4n) is 4.07. The Balaban J connectivity index is 1.28. The standard InChI is InChI=1S/C24H23N5O/c30-23(18-7-3-1-4-8-18)28-24-25-16-22-21(27-24)15-20(26-22)17-11-13-29(14-12-17)19-9-5-2-6-10-19/h1-10,15-17,26H,11-14H2,(H,25,27,28,30). The summed E-state index contributed by atoms with van der Waals surface area (Å²) >= 11 is 0. The van der Waals surface area contributed by atoms with E-state index in [9.17, 15) is 4.79 Å². The van der Waals surface area contributed by atoms with Crippen molar-refractivity contribution in [3.8, 4) is 0 Å². The molecule has 4 aromatic rings. The van der Waals surface area contributed by atoms with Gasteiger partial charge >= 0.3 is 0 Å². The molecule has 0 saturated carbocycles. The second-order valence-electron chi connectivity index (χ2n) is 7.63. The molecule has 1 amide bonds. The molecule has 3 heterocycles. The number of nitrogens with one attached hydrogen (secondary N) is 2. The molecule has 30 heavy (non-hydrogen) atoms. The van der Waals surface area contributed by atoms with E-state index in [1.54, 1.807) is 18.3 Å². The number of anilines is 2. The summed E-state index contributed by atoms with van der Waals surface area (Å²) in [6, 6.07) is 21.8. The van der Waals surface area contributed by atoms with Crippen LogP contribution in [-0.4, -0.2) is 33.9 Å². The zero-order valence-corrected chi connectivity index (χ0v) is 16.6. The molecule has 1 fully saturated rings. The highest BCUT2D eigenvalue weighted by Crippen LogP contribution is 2.31. The molecule has 0 unspecified atom stereocenters. The first-order valence-electron chi connectivity index (χ1n) is 10.3. The topological polar surface area (TPSA) is 73.9 Å². The van der Waals surface area contributed by atoms with Crippen LogP contribution in [0, 0.1) is 0 Å². The van der Waals surface area contributed by atoms with Gasteiger partial charge in [0.05, 0.1) is 17.2 Å². The highest BCUT2D eigenvalue weighted by Gasteiger charge is 2.22. The minimum atomic E-state index is -0.209. The van der Waals surface area contributed by atoms with Crippen molar-refractivity contribution in [3.05, 3.63) is 84.2 Å². The van der Waals surface area contributed by atoms with Crippen LogP contribution in [-0.2, 0) is 0 Å². The van der Waals surface area contributed by atoms with Gasteiger partial charge in [-0.05, 0) is 43.2 Å². The Bertz CT molecular complexity index is 1150. The van der Waals surface area contributed by atoms with E-state index in [1.807, 2.05) is 18.2 Å². The van der Waals surface area contributed by atoms with E-state index >= 15 is 0 Å². The summed E-state index contributed by atoms with van der Waals surface area (Å²) in [5.41, 5.74) is 4.79. The normalized spacial score (nSPS) is 14.7. The van der Waals surface area contributed by atoms with Gasteiger partial charge in [0.25, 0.3) is 5.91 Å². The smallest absolute Gasteiger partial charge is 0.258 e. The molecule has 0 radical (unpaired) electrons. The maximum Gasteiger partial charge on any atom is 0.258 e. The van der Waals surface area contributed by atoms with Crippen LogP contribution >= 0.6 is 0 Å². The second-order valence-corrected chi connectivity index (χ2v) is 7.63. The Hall–Kier alpha value is -3.67. The lowest BCUT2D eigenvalue weighted by Gasteiger charge is -2.33. The molecule has 2 aromatic carbocycles. The first kappa shape index (κ1) is 18.4. The number of aromatic nitrogens is 3. The van der Waals surface area contributed by atoms with Crippen molar-refractivity contribution in [2.24, 2.45) is 0 Å². The van der Waals surface area contributed by atoms with E-state index < -0.39 is 0 Å². The van der Waals surface area contributed by atoms with Gasteiger partial charge in [0.2, 0.25) is 5.95 Å². The summed E-state index contributed by atoms with van der Waals surface area (Å²) in [5, 5.41) is 2.78. The third-order valence-corrected chi connectivity index (χ3v) is 5.71.